The molecule has 1 saturated carbocycles. The number of aliphatic hydroxyl groups is 2. The fourth-order valence-corrected chi connectivity index (χ4v) is 3.73. The molecule has 0 radical (unpaired) electrons. The number of rotatable bonds is 6. The van der Waals surface area contributed by atoms with E-state index >= 15 is 0 Å². The first-order valence-electron chi connectivity index (χ1n) is 9.78. The van der Waals surface area contributed by atoms with Crippen LogP contribution in [-0.4, -0.2) is 54.0 Å². The van der Waals surface area contributed by atoms with Gasteiger partial charge in [-0.2, -0.15) is 5.10 Å². The van der Waals surface area contributed by atoms with Crippen LogP contribution in [0, 0.1) is 17.6 Å². The third-order valence-corrected chi connectivity index (χ3v) is 5.46. The molecule has 0 unspecified atom stereocenters. The van der Waals surface area contributed by atoms with Crippen LogP contribution in [0.4, 0.5) is 14.6 Å². The molecule has 1 fully saturated rings. The van der Waals surface area contributed by atoms with Crippen molar-refractivity contribution in [2.45, 2.75) is 38.1 Å². The van der Waals surface area contributed by atoms with Crippen LogP contribution in [0.5, 0.6) is 0 Å². The van der Waals surface area contributed by atoms with E-state index in [1.54, 1.807) is 0 Å². The topological polar surface area (TPSA) is 113 Å². The summed E-state index contributed by atoms with van der Waals surface area (Å²) in [5, 5.41) is 27.4. The summed E-state index contributed by atoms with van der Waals surface area (Å²) in [5.41, 5.74) is 0.330. The van der Waals surface area contributed by atoms with Crippen LogP contribution in [0.2, 0.25) is 0 Å². The van der Waals surface area contributed by atoms with Crippen molar-refractivity contribution in [2.24, 2.45) is 5.92 Å². The number of hydrogen-bond donors (Lipinski definition) is 3. The highest BCUT2D eigenvalue weighted by Gasteiger charge is 2.39. The minimum Gasteiger partial charge on any atom is -0.390 e. The molecule has 1 aliphatic carbocycles. The van der Waals surface area contributed by atoms with Crippen LogP contribution in [0.1, 0.15) is 35.0 Å². The molecule has 4 rings (SSSR count). The molecule has 3 aromatic rings. The lowest BCUT2D eigenvalue weighted by atomic mass is 10.1. The molecule has 4 atom stereocenters. The highest BCUT2D eigenvalue weighted by Crippen LogP contribution is 2.29. The molecule has 1 aromatic carbocycles. The van der Waals surface area contributed by atoms with E-state index in [0.29, 0.717) is 6.42 Å². The summed E-state index contributed by atoms with van der Waals surface area (Å²) in [6.45, 7) is 1.78. The van der Waals surface area contributed by atoms with Crippen LogP contribution in [-0.2, 0) is 6.54 Å². The van der Waals surface area contributed by atoms with Crippen LogP contribution >= 0.6 is 0 Å². The van der Waals surface area contributed by atoms with Crippen molar-refractivity contribution < 1.29 is 23.8 Å². The first-order chi connectivity index (χ1) is 14.8. The number of aromatic nitrogens is 4. The van der Waals surface area contributed by atoms with Gasteiger partial charge in [0.1, 0.15) is 35.6 Å². The first-order valence-corrected chi connectivity index (χ1v) is 9.78. The summed E-state index contributed by atoms with van der Waals surface area (Å²) in [4.78, 5) is 21.0. The Kier molecular flexibility index (Phi) is 5.75. The summed E-state index contributed by atoms with van der Waals surface area (Å²) in [5.74, 6) is -1.49. The first kappa shape index (κ1) is 21.0. The van der Waals surface area contributed by atoms with E-state index < -0.39 is 35.7 Å². The molecule has 0 saturated heterocycles. The molecule has 0 amide bonds. The van der Waals surface area contributed by atoms with Gasteiger partial charge in [0.2, 0.25) is 5.78 Å². The molecule has 0 spiro atoms. The largest absolute Gasteiger partial charge is 0.390 e. The Labute approximate surface area is 176 Å². The number of nitrogens with one attached hydrogen (secondary N) is 1. The zero-order valence-electron chi connectivity index (χ0n) is 16.6. The van der Waals surface area contributed by atoms with E-state index in [2.05, 4.69) is 20.4 Å². The smallest absolute Gasteiger partial charge is 0.218 e. The molecule has 2 aromatic heterocycles. The lowest BCUT2D eigenvalue weighted by Crippen LogP contribution is -2.35. The van der Waals surface area contributed by atoms with Gasteiger partial charge in [0.15, 0.2) is 0 Å². The number of nitrogens with zero attached hydrogens (tertiary/aromatic N) is 4. The van der Waals surface area contributed by atoms with E-state index in [1.165, 1.54) is 29.5 Å². The zero-order chi connectivity index (χ0) is 22.1. The van der Waals surface area contributed by atoms with Crippen molar-refractivity contribution in [3.63, 3.8) is 0 Å². The van der Waals surface area contributed by atoms with E-state index in [-0.39, 0.29) is 35.1 Å². The van der Waals surface area contributed by atoms with E-state index in [4.69, 9.17) is 0 Å². The molecule has 3 N–H and O–H groups in total. The van der Waals surface area contributed by atoms with Crippen LogP contribution in [0.25, 0.3) is 0 Å². The van der Waals surface area contributed by atoms with E-state index in [0.717, 1.165) is 18.2 Å². The third kappa shape index (κ3) is 4.30. The van der Waals surface area contributed by atoms with Crippen molar-refractivity contribution in [1.82, 2.24) is 19.7 Å². The minimum absolute atomic E-state index is 0.0443. The molecule has 0 aliphatic heterocycles. The van der Waals surface area contributed by atoms with Crippen molar-refractivity contribution in [2.75, 3.05) is 5.32 Å². The Morgan fingerprint density at radius 1 is 1.26 bits per heavy atom. The summed E-state index contributed by atoms with van der Waals surface area (Å²) in [6, 6.07) is 4.14. The Morgan fingerprint density at radius 3 is 2.81 bits per heavy atom. The van der Waals surface area contributed by atoms with Crippen molar-refractivity contribution in [3.05, 3.63) is 71.4 Å². The predicted octanol–water partition coefficient (Wildman–Crippen LogP) is 1.77. The van der Waals surface area contributed by atoms with Gasteiger partial charge in [0.05, 0.1) is 24.3 Å². The highest BCUT2D eigenvalue weighted by atomic mass is 19.1. The quantitative estimate of drug-likeness (QED) is 0.512. The number of benzene rings is 1. The van der Waals surface area contributed by atoms with E-state index in [1.807, 2.05) is 6.92 Å². The average molecular weight is 429 g/mol. The standard InChI is InChI=1S/C21H21F2N5O3/c1-11-6-17(20(31)18(11)29)26-21-14(8-24-10-25-21)19(30)16-4-5-28(27-16)9-12-7-13(22)2-3-15(12)23/h2-5,7-8,10-11,17-18,20,29,31H,6,9H2,1H3,(H,24,25,26)/t11-,17-,18-,20+/m1/s1. The molecule has 0 bridgehead atoms. The Morgan fingerprint density at radius 2 is 2.06 bits per heavy atom. The molecule has 10 heteroatoms. The number of ketones is 1. The number of aliphatic hydroxyl groups excluding tert-OH is 2. The van der Waals surface area contributed by atoms with Gasteiger partial charge in [0.25, 0.3) is 0 Å². The molecular weight excluding hydrogens is 408 g/mol. The second kappa shape index (κ2) is 8.48. The lowest BCUT2D eigenvalue weighted by Gasteiger charge is -2.19. The second-order valence-electron chi connectivity index (χ2n) is 7.69. The molecule has 31 heavy (non-hydrogen) atoms. The normalized spacial score (nSPS) is 23.1. The Balaban J connectivity index is 1.54. The average Bonchev–Trinajstić information content (AvgIpc) is 3.31. The van der Waals surface area contributed by atoms with Crippen LogP contribution in [0.3, 0.4) is 0 Å². The number of carbonyl (C=O) groups is 1. The Bertz CT molecular complexity index is 1110. The fraction of sp³-hybridized carbons (Fsp3) is 0.333. The maximum Gasteiger partial charge on any atom is 0.218 e. The Hall–Kier alpha value is -3.24. The highest BCUT2D eigenvalue weighted by molar-refractivity contribution is 6.10. The monoisotopic (exact) mass is 429 g/mol. The molecule has 1 aliphatic rings. The van der Waals surface area contributed by atoms with Crippen molar-refractivity contribution in [3.8, 4) is 0 Å². The lowest BCUT2D eigenvalue weighted by molar-refractivity contribution is 0.0210. The summed E-state index contributed by atoms with van der Waals surface area (Å²) < 4.78 is 28.6. The molecule has 162 valence electrons. The minimum atomic E-state index is -0.992. The maximum absolute atomic E-state index is 13.9. The van der Waals surface area contributed by atoms with Gasteiger partial charge in [-0.05, 0) is 36.6 Å². The predicted molar refractivity (Wildman–Crippen MR) is 106 cm³/mol. The SMILES string of the molecule is C[C@@H]1C[C@@H](Nc2ncncc2C(=O)c2ccn(Cc3cc(F)ccc3F)n2)[C@H](O)[C@@H]1O. The number of hydrogen-bond acceptors (Lipinski definition) is 7. The van der Waals surface area contributed by atoms with Gasteiger partial charge >= 0.3 is 0 Å². The summed E-state index contributed by atoms with van der Waals surface area (Å²) >= 11 is 0. The van der Waals surface area contributed by atoms with Gasteiger partial charge < -0.3 is 15.5 Å². The summed E-state index contributed by atoms with van der Waals surface area (Å²) in [7, 11) is 0. The number of anilines is 1. The maximum atomic E-state index is 13.9. The van der Waals surface area contributed by atoms with Crippen molar-refractivity contribution in [1.29, 1.82) is 0 Å². The second-order valence-corrected chi connectivity index (χ2v) is 7.69. The zero-order valence-corrected chi connectivity index (χ0v) is 16.6. The van der Waals surface area contributed by atoms with Gasteiger partial charge in [-0.1, -0.05) is 6.92 Å². The van der Waals surface area contributed by atoms with Crippen molar-refractivity contribution >= 4 is 11.6 Å². The summed E-state index contributed by atoms with van der Waals surface area (Å²) in [6.07, 6.45) is 2.75. The fourth-order valence-electron chi connectivity index (χ4n) is 3.73. The van der Waals surface area contributed by atoms with Crippen LogP contribution in [0.15, 0.2) is 43.0 Å². The number of carbonyl (C=O) groups excluding carboxylic acids is 1. The van der Waals surface area contributed by atoms with Gasteiger partial charge in [0, 0.05) is 18.0 Å². The molecule has 8 nitrogen and oxygen atoms in total. The van der Waals surface area contributed by atoms with Gasteiger partial charge in [-0.15, -0.1) is 0 Å². The van der Waals surface area contributed by atoms with E-state index in [9.17, 15) is 23.8 Å². The van der Waals surface area contributed by atoms with Gasteiger partial charge in [-0.25, -0.2) is 18.7 Å². The third-order valence-electron chi connectivity index (χ3n) is 5.46. The molecule has 2 heterocycles. The molecular formula is C21H21F2N5O3. The van der Waals surface area contributed by atoms with Crippen LogP contribution < -0.4 is 5.32 Å². The van der Waals surface area contributed by atoms with Gasteiger partial charge in [-0.3, -0.25) is 9.48 Å². The number of halogens is 2.